The third-order valence-corrected chi connectivity index (χ3v) is 2.17. The highest BCUT2D eigenvalue weighted by Gasteiger charge is 2.12. The van der Waals surface area contributed by atoms with Crippen LogP contribution in [0.2, 0.25) is 0 Å². The van der Waals surface area contributed by atoms with Gasteiger partial charge in [0.15, 0.2) is 11.5 Å². The Bertz CT molecular complexity index is 439. The van der Waals surface area contributed by atoms with Crippen LogP contribution in [0.25, 0.3) is 0 Å². The van der Waals surface area contributed by atoms with E-state index in [2.05, 4.69) is 10.1 Å². The van der Waals surface area contributed by atoms with Gasteiger partial charge in [0, 0.05) is 24.2 Å². The molecule has 1 atom stereocenters. The number of hydrogen-bond acceptors (Lipinski definition) is 4. The Hall–Kier alpha value is -1.89. The molecule has 0 aliphatic rings. The maximum Gasteiger partial charge on any atom is 0.387 e. The number of methoxy groups -OCH3 is 1. The summed E-state index contributed by atoms with van der Waals surface area (Å²) in [6.45, 7) is -1.28. The van der Waals surface area contributed by atoms with Crippen molar-refractivity contribution < 1.29 is 23.0 Å². The van der Waals surface area contributed by atoms with Crippen molar-refractivity contribution in [3.8, 4) is 11.5 Å². The Morgan fingerprint density at radius 1 is 1.42 bits per heavy atom. The van der Waals surface area contributed by atoms with Crippen molar-refractivity contribution in [2.45, 2.75) is 26.0 Å². The van der Waals surface area contributed by atoms with Gasteiger partial charge in [-0.15, -0.1) is 0 Å². The minimum absolute atomic E-state index is 0.136. The molecule has 19 heavy (non-hydrogen) atoms. The van der Waals surface area contributed by atoms with Gasteiger partial charge in [-0.05, 0) is 19.1 Å². The van der Waals surface area contributed by atoms with Crippen molar-refractivity contribution in [1.29, 1.82) is 0 Å². The molecule has 1 amide bonds. The molecule has 1 aromatic rings. The molecule has 0 radical (unpaired) electrons. The molecule has 7 heteroatoms. The van der Waals surface area contributed by atoms with Crippen molar-refractivity contribution in [2.24, 2.45) is 5.73 Å². The Kier molecular flexibility index (Phi) is 5.50. The number of halogens is 2. The Labute approximate surface area is 109 Å². The molecule has 0 heterocycles. The first-order valence-corrected chi connectivity index (χ1v) is 5.60. The number of alkyl halides is 2. The largest absolute Gasteiger partial charge is 0.493 e. The molecule has 0 spiro atoms. The molecule has 5 nitrogen and oxygen atoms in total. The van der Waals surface area contributed by atoms with Crippen molar-refractivity contribution in [2.75, 3.05) is 12.4 Å². The van der Waals surface area contributed by atoms with Gasteiger partial charge in [-0.2, -0.15) is 8.78 Å². The molecule has 0 aliphatic carbocycles. The van der Waals surface area contributed by atoms with E-state index in [4.69, 9.17) is 10.5 Å². The fourth-order valence-corrected chi connectivity index (χ4v) is 1.45. The molecule has 1 unspecified atom stereocenters. The highest BCUT2D eigenvalue weighted by molar-refractivity contribution is 5.91. The molecule has 0 fully saturated rings. The van der Waals surface area contributed by atoms with Crippen LogP contribution in [0.3, 0.4) is 0 Å². The zero-order valence-corrected chi connectivity index (χ0v) is 10.7. The van der Waals surface area contributed by atoms with Gasteiger partial charge in [0.1, 0.15) is 0 Å². The number of nitrogens with two attached hydrogens (primary N) is 1. The van der Waals surface area contributed by atoms with Crippen LogP contribution in [-0.4, -0.2) is 25.7 Å². The van der Waals surface area contributed by atoms with Gasteiger partial charge >= 0.3 is 6.61 Å². The number of hydrogen-bond donors (Lipinski definition) is 2. The van der Waals surface area contributed by atoms with Gasteiger partial charge in [-0.1, -0.05) is 0 Å². The van der Waals surface area contributed by atoms with Gasteiger partial charge in [0.25, 0.3) is 0 Å². The predicted octanol–water partition coefficient (Wildman–Crippen LogP) is 1.97. The summed E-state index contributed by atoms with van der Waals surface area (Å²) in [5.41, 5.74) is 5.82. The molecule has 1 aromatic carbocycles. The Morgan fingerprint density at radius 2 is 2.11 bits per heavy atom. The summed E-state index contributed by atoms with van der Waals surface area (Å²) in [6.07, 6.45) is 0.136. The zero-order chi connectivity index (χ0) is 14.4. The summed E-state index contributed by atoms with van der Waals surface area (Å²) in [7, 11) is 1.34. The highest BCUT2D eigenvalue weighted by Crippen LogP contribution is 2.31. The number of amides is 1. The third-order valence-electron chi connectivity index (χ3n) is 2.17. The highest BCUT2D eigenvalue weighted by atomic mass is 19.3. The summed E-state index contributed by atoms with van der Waals surface area (Å²) in [5, 5.41) is 2.54. The molecule has 0 saturated carbocycles. The second-order valence-corrected chi connectivity index (χ2v) is 3.97. The lowest BCUT2D eigenvalue weighted by atomic mass is 10.2. The molecule has 0 aromatic heterocycles. The first-order chi connectivity index (χ1) is 8.92. The molecule has 3 N–H and O–H groups in total. The summed E-state index contributed by atoms with van der Waals surface area (Å²) in [5.74, 6) is -0.287. The van der Waals surface area contributed by atoms with Crippen molar-refractivity contribution in [1.82, 2.24) is 0 Å². The SMILES string of the molecule is COc1ccc(NC(=O)CC(C)N)cc1OC(F)F. The monoisotopic (exact) mass is 274 g/mol. The molecular formula is C12H16F2N2O3. The Morgan fingerprint density at radius 3 is 2.63 bits per heavy atom. The standard InChI is InChI=1S/C12H16F2N2O3/c1-7(15)5-11(17)16-8-3-4-9(18-2)10(6-8)19-12(13)14/h3-4,6-7,12H,5,15H2,1-2H3,(H,16,17). The average molecular weight is 274 g/mol. The molecule has 0 aliphatic heterocycles. The van der Waals surface area contributed by atoms with E-state index in [0.717, 1.165) is 0 Å². The van der Waals surface area contributed by atoms with E-state index in [0.29, 0.717) is 5.69 Å². The van der Waals surface area contributed by atoms with Crippen LogP contribution in [0.1, 0.15) is 13.3 Å². The van der Waals surface area contributed by atoms with Gasteiger partial charge in [0.2, 0.25) is 5.91 Å². The normalized spacial score (nSPS) is 12.1. The van der Waals surface area contributed by atoms with Crippen LogP contribution < -0.4 is 20.5 Å². The van der Waals surface area contributed by atoms with Gasteiger partial charge in [-0.3, -0.25) is 4.79 Å². The number of benzene rings is 1. The first kappa shape index (κ1) is 15.2. The van der Waals surface area contributed by atoms with E-state index >= 15 is 0 Å². The molecule has 0 bridgehead atoms. The first-order valence-electron chi connectivity index (χ1n) is 5.60. The lowest BCUT2D eigenvalue weighted by molar-refractivity contribution is -0.116. The van der Waals surface area contributed by atoms with Gasteiger partial charge in [-0.25, -0.2) is 0 Å². The van der Waals surface area contributed by atoms with Gasteiger partial charge in [0.05, 0.1) is 7.11 Å². The number of nitrogens with one attached hydrogen (secondary N) is 1. The summed E-state index contributed by atoms with van der Waals surface area (Å²) < 4.78 is 33.6. The predicted molar refractivity (Wildman–Crippen MR) is 66.5 cm³/mol. The minimum atomic E-state index is -2.97. The number of carbonyl (C=O) groups is 1. The van der Waals surface area contributed by atoms with Crippen LogP contribution in [0.4, 0.5) is 14.5 Å². The van der Waals surface area contributed by atoms with Crippen LogP contribution in [0.5, 0.6) is 11.5 Å². The summed E-state index contributed by atoms with van der Waals surface area (Å²) >= 11 is 0. The number of ether oxygens (including phenoxy) is 2. The van der Waals surface area contributed by atoms with Crippen molar-refractivity contribution in [3.05, 3.63) is 18.2 Å². The average Bonchev–Trinajstić information content (AvgIpc) is 2.27. The van der Waals surface area contributed by atoms with E-state index in [1.54, 1.807) is 6.92 Å². The Balaban J connectivity index is 2.82. The van der Waals surface area contributed by atoms with Gasteiger partial charge < -0.3 is 20.5 Å². The van der Waals surface area contributed by atoms with Crippen LogP contribution >= 0.6 is 0 Å². The number of carbonyl (C=O) groups excluding carboxylic acids is 1. The lowest BCUT2D eigenvalue weighted by Gasteiger charge is -2.12. The second kappa shape index (κ2) is 6.89. The molecular weight excluding hydrogens is 258 g/mol. The van der Waals surface area contributed by atoms with Crippen molar-refractivity contribution in [3.63, 3.8) is 0 Å². The van der Waals surface area contributed by atoms with Crippen LogP contribution in [0.15, 0.2) is 18.2 Å². The maximum absolute atomic E-state index is 12.2. The third kappa shape index (κ3) is 5.09. The summed E-state index contributed by atoms with van der Waals surface area (Å²) in [6, 6.07) is 3.94. The maximum atomic E-state index is 12.2. The van der Waals surface area contributed by atoms with Crippen LogP contribution in [0, 0.1) is 0 Å². The number of rotatable bonds is 6. The molecule has 106 valence electrons. The van der Waals surface area contributed by atoms with E-state index in [1.165, 1.54) is 25.3 Å². The van der Waals surface area contributed by atoms with Crippen LogP contribution in [-0.2, 0) is 4.79 Å². The summed E-state index contributed by atoms with van der Waals surface area (Å²) in [4.78, 5) is 11.5. The smallest absolute Gasteiger partial charge is 0.387 e. The zero-order valence-electron chi connectivity index (χ0n) is 10.7. The topological polar surface area (TPSA) is 73.6 Å². The van der Waals surface area contributed by atoms with E-state index in [-0.39, 0.29) is 29.9 Å². The molecule has 0 saturated heterocycles. The molecule has 1 rings (SSSR count). The minimum Gasteiger partial charge on any atom is -0.493 e. The fraction of sp³-hybridized carbons (Fsp3) is 0.417. The second-order valence-electron chi connectivity index (χ2n) is 3.97. The quantitative estimate of drug-likeness (QED) is 0.831. The lowest BCUT2D eigenvalue weighted by Crippen LogP contribution is -2.24. The number of anilines is 1. The van der Waals surface area contributed by atoms with E-state index in [9.17, 15) is 13.6 Å². The van der Waals surface area contributed by atoms with E-state index < -0.39 is 6.61 Å². The van der Waals surface area contributed by atoms with E-state index in [1.807, 2.05) is 0 Å². The van der Waals surface area contributed by atoms with Crippen molar-refractivity contribution >= 4 is 11.6 Å². The fourth-order valence-electron chi connectivity index (χ4n) is 1.45.